The van der Waals surface area contributed by atoms with E-state index in [0.29, 0.717) is 6.54 Å². The maximum Gasteiger partial charge on any atom is 0.142 e. The molecule has 0 spiro atoms. The van der Waals surface area contributed by atoms with Gasteiger partial charge in [-0.1, -0.05) is 6.07 Å². The first-order valence-electron chi connectivity index (χ1n) is 9.17. The molecule has 0 unspecified atom stereocenters. The number of piperidine rings is 1. The molecule has 7 nitrogen and oxygen atoms in total. The zero-order valence-corrected chi connectivity index (χ0v) is 15.1. The van der Waals surface area contributed by atoms with Crippen LogP contribution in [0.1, 0.15) is 18.4 Å². The molecule has 0 atom stereocenters. The number of hydrogen-bond acceptors (Lipinski definition) is 6. The van der Waals surface area contributed by atoms with Crippen LogP contribution in [0.4, 0.5) is 11.6 Å². The first kappa shape index (κ1) is 16.8. The van der Waals surface area contributed by atoms with Crippen molar-refractivity contribution in [2.75, 3.05) is 37.3 Å². The van der Waals surface area contributed by atoms with E-state index >= 15 is 0 Å². The predicted molar refractivity (Wildman–Crippen MR) is 104 cm³/mol. The molecule has 7 heteroatoms. The maximum absolute atomic E-state index is 4.54. The van der Waals surface area contributed by atoms with E-state index in [2.05, 4.69) is 54.6 Å². The summed E-state index contributed by atoms with van der Waals surface area (Å²) in [6.07, 6.45) is 7.88. The Balaban J connectivity index is 1.29. The summed E-state index contributed by atoms with van der Waals surface area (Å²) < 4.78 is 0. The van der Waals surface area contributed by atoms with Crippen molar-refractivity contribution < 1.29 is 0 Å². The van der Waals surface area contributed by atoms with E-state index in [1.165, 1.54) is 25.9 Å². The number of pyridine rings is 1. The van der Waals surface area contributed by atoms with Crippen LogP contribution < -0.4 is 10.6 Å². The van der Waals surface area contributed by atoms with E-state index in [-0.39, 0.29) is 0 Å². The van der Waals surface area contributed by atoms with Gasteiger partial charge in [0.2, 0.25) is 0 Å². The topological polar surface area (TPSA) is 81.8 Å². The molecular weight excluding hydrogens is 326 g/mol. The van der Waals surface area contributed by atoms with Crippen LogP contribution in [0.2, 0.25) is 0 Å². The van der Waals surface area contributed by atoms with Crippen LogP contribution in [0.3, 0.4) is 0 Å². The lowest BCUT2D eigenvalue weighted by atomic mass is 9.97. The Labute approximate surface area is 153 Å². The molecule has 0 bridgehead atoms. The number of H-pyrrole nitrogens is 1. The zero-order valence-electron chi connectivity index (χ0n) is 15.1. The molecule has 3 N–H and O–H groups in total. The van der Waals surface area contributed by atoms with Crippen LogP contribution in [-0.2, 0) is 6.54 Å². The molecule has 1 aliphatic rings. The van der Waals surface area contributed by atoms with Crippen LogP contribution in [-0.4, -0.2) is 51.5 Å². The van der Waals surface area contributed by atoms with Gasteiger partial charge in [0, 0.05) is 25.5 Å². The van der Waals surface area contributed by atoms with Gasteiger partial charge in [0.25, 0.3) is 0 Å². The number of likely N-dealkylation sites (tertiary alicyclic amines) is 1. The fraction of sp³-hybridized carbons (Fsp3) is 0.421. The molecule has 1 fully saturated rings. The summed E-state index contributed by atoms with van der Waals surface area (Å²) in [6, 6.07) is 6.14. The SMILES string of the molecule is CN1CCC(CNc2ccc(CNc3ncnc4[nH]ccc34)cn2)CC1. The Bertz CT molecular complexity index is 834. The summed E-state index contributed by atoms with van der Waals surface area (Å²) in [5.41, 5.74) is 1.96. The van der Waals surface area contributed by atoms with Gasteiger partial charge in [0.1, 0.15) is 23.6 Å². The Morgan fingerprint density at radius 3 is 2.81 bits per heavy atom. The fourth-order valence-electron chi connectivity index (χ4n) is 3.35. The Morgan fingerprint density at radius 2 is 2.00 bits per heavy atom. The Morgan fingerprint density at radius 1 is 1.12 bits per heavy atom. The fourth-order valence-corrected chi connectivity index (χ4v) is 3.35. The van der Waals surface area contributed by atoms with Gasteiger partial charge in [-0.05, 0) is 56.6 Å². The van der Waals surface area contributed by atoms with E-state index in [4.69, 9.17) is 0 Å². The van der Waals surface area contributed by atoms with Gasteiger partial charge in [-0.2, -0.15) is 0 Å². The van der Waals surface area contributed by atoms with E-state index < -0.39 is 0 Å². The maximum atomic E-state index is 4.54. The van der Waals surface area contributed by atoms with E-state index in [1.54, 1.807) is 6.33 Å². The van der Waals surface area contributed by atoms with Crippen molar-refractivity contribution >= 4 is 22.7 Å². The lowest BCUT2D eigenvalue weighted by Crippen LogP contribution is -2.33. The van der Waals surface area contributed by atoms with E-state index in [9.17, 15) is 0 Å². The average Bonchev–Trinajstić information content (AvgIpc) is 3.16. The third-order valence-electron chi connectivity index (χ3n) is 5.05. The highest BCUT2D eigenvalue weighted by atomic mass is 15.1. The monoisotopic (exact) mass is 351 g/mol. The molecule has 0 aromatic carbocycles. The third-order valence-corrected chi connectivity index (χ3v) is 5.05. The molecule has 136 valence electrons. The predicted octanol–water partition coefficient (Wildman–Crippen LogP) is 2.72. The number of fused-ring (bicyclic) bond motifs is 1. The van der Waals surface area contributed by atoms with Crippen molar-refractivity contribution in [3.8, 4) is 0 Å². The second kappa shape index (κ2) is 7.70. The normalized spacial score (nSPS) is 16.0. The quantitative estimate of drug-likeness (QED) is 0.633. The van der Waals surface area contributed by atoms with Crippen molar-refractivity contribution in [2.45, 2.75) is 19.4 Å². The number of anilines is 2. The first-order valence-corrected chi connectivity index (χ1v) is 9.17. The second-order valence-corrected chi connectivity index (χ2v) is 7.00. The van der Waals surface area contributed by atoms with Gasteiger partial charge in [0.15, 0.2) is 0 Å². The van der Waals surface area contributed by atoms with Crippen molar-refractivity contribution in [1.29, 1.82) is 0 Å². The first-order chi connectivity index (χ1) is 12.8. The van der Waals surface area contributed by atoms with Crippen molar-refractivity contribution in [3.63, 3.8) is 0 Å². The molecule has 4 rings (SSSR count). The van der Waals surface area contributed by atoms with Crippen LogP contribution in [0.15, 0.2) is 36.9 Å². The molecule has 0 aliphatic carbocycles. The molecular formula is C19H25N7. The molecule has 0 radical (unpaired) electrons. The Hall–Kier alpha value is -2.67. The molecule has 4 heterocycles. The van der Waals surface area contributed by atoms with Crippen LogP contribution in [0.5, 0.6) is 0 Å². The summed E-state index contributed by atoms with van der Waals surface area (Å²) in [4.78, 5) is 18.6. The number of nitrogens with zero attached hydrogens (tertiary/aromatic N) is 4. The molecule has 0 saturated carbocycles. The van der Waals surface area contributed by atoms with Crippen molar-refractivity contribution in [1.82, 2.24) is 24.8 Å². The molecule has 0 amide bonds. The standard InChI is InChI=1S/C19H25N7/c1-26-8-5-14(6-9-26)10-21-17-3-2-15(11-22-17)12-23-19-16-4-7-20-18(16)24-13-25-19/h2-4,7,11,13-14H,5-6,8-10,12H2,1H3,(H,21,22)(H2,20,23,24,25). The second-order valence-electron chi connectivity index (χ2n) is 7.00. The average molecular weight is 351 g/mol. The van der Waals surface area contributed by atoms with Gasteiger partial charge in [-0.3, -0.25) is 0 Å². The summed E-state index contributed by atoms with van der Waals surface area (Å²) in [7, 11) is 2.19. The van der Waals surface area contributed by atoms with Gasteiger partial charge in [0.05, 0.1) is 5.39 Å². The summed E-state index contributed by atoms with van der Waals surface area (Å²) in [6.45, 7) is 4.08. The molecule has 1 saturated heterocycles. The van der Waals surface area contributed by atoms with Crippen LogP contribution >= 0.6 is 0 Å². The summed E-state index contributed by atoms with van der Waals surface area (Å²) >= 11 is 0. The largest absolute Gasteiger partial charge is 0.370 e. The summed E-state index contributed by atoms with van der Waals surface area (Å²) in [5, 5.41) is 7.83. The minimum Gasteiger partial charge on any atom is -0.370 e. The molecule has 3 aromatic rings. The van der Waals surface area contributed by atoms with Crippen LogP contribution in [0, 0.1) is 5.92 Å². The van der Waals surface area contributed by atoms with Gasteiger partial charge in [-0.25, -0.2) is 15.0 Å². The lowest BCUT2D eigenvalue weighted by molar-refractivity contribution is 0.226. The smallest absolute Gasteiger partial charge is 0.142 e. The van der Waals surface area contributed by atoms with Gasteiger partial charge >= 0.3 is 0 Å². The van der Waals surface area contributed by atoms with E-state index in [0.717, 1.165) is 40.7 Å². The minimum absolute atomic E-state index is 0.680. The number of aromatic nitrogens is 4. The zero-order chi connectivity index (χ0) is 17.8. The van der Waals surface area contributed by atoms with Crippen molar-refractivity contribution in [2.24, 2.45) is 5.92 Å². The van der Waals surface area contributed by atoms with Crippen molar-refractivity contribution in [3.05, 3.63) is 42.5 Å². The highest BCUT2D eigenvalue weighted by molar-refractivity contribution is 5.86. The van der Waals surface area contributed by atoms with Gasteiger partial charge < -0.3 is 20.5 Å². The minimum atomic E-state index is 0.680. The summed E-state index contributed by atoms with van der Waals surface area (Å²) in [5.74, 6) is 2.53. The lowest BCUT2D eigenvalue weighted by Gasteiger charge is -2.29. The molecule has 26 heavy (non-hydrogen) atoms. The number of nitrogens with one attached hydrogen (secondary N) is 3. The van der Waals surface area contributed by atoms with Gasteiger partial charge in [-0.15, -0.1) is 0 Å². The Kier molecular flexibility index (Phi) is 4.97. The van der Waals surface area contributed by atoms with Crippen LogP contribution in [0.25, 0.3) is 11.0 Å². The number of rotatable bonds is 6. The number of aromatic amines is 1. The highest BCUT2D eigenvalue weighted by Gasteiger charge is 2.16. The third kappa shape index (κ3) is 3.94. The molecule has 1 aliphatic heterocycles. The number of hydrogen-bond donors (Lipinski definition) is 3. The van der Waals surface area contributed by atoms with E-state index in [1.807, 2.05) is 18.5 Å². The highest BCUT2D eigenvalue weighted by Crippen LogP contribution is 2.19. The molecule has 3 aromatic heterocycles.